The number of rotatable bonds is 4. The van der Waals surface area contributed by atoms with Gasteiger partial charge in [-0.3, -0.25) is 0 Å². The summed E-state index contributed by atoms with van der Waals surface area (Å²) in [5.74, 6) is 7.47. The highest BCUT2D eigenvalue weighted by atomic mass is 32.1. The third-order valence-electron chi connectivity index (χ3n) is 2.48. The van der Waals surface area contributed by atoms with Gasteiger partial charge >= 0.3 is 0 Å². The number of hydrogen-bond donors (Lipinski definition) is 1. The molecule has 0 radical (unpaired) electrons. The minimum atomic E-state index is 0.367. The van der Waals surface area contributed by atoms with Crippen molar-refractivity contribution in [3.63, 3.8) is 0 Å². The first-order valence-corrected chi connectivity index (χ1v) is 6.73. The van der Waals surface area contributed by atoms with E-state index in [9.17, 15) is 0 Å². The van der Waals surface area contributed by atoms with E-state index in [1.165, 1.54) is 0 Å². The maximum Gasteiger partial charge on any atom is 0.124 e. The molecule has 2 N–H and O–H groups in total. The van der Waals surface area contributed by atoms with Crippen molar-refractivity contribution in [2.45, 2.75) is 6.61 Å². The number of ether oxygens (including phenoxy) is 2. The maximum absolute atomic E-state index is 5.74. The minimum absolute atomic E-state index is 0.367. The van der Waals surface area contributed by atoms with E-state index in [2.05, 4.69) is 11.8 Å². The van der Waals surface area contributed by atoms with Crippen molar-refractivity contribution in [3.8, 4) is 23.3 Å². The van der Waals surface area contributed by atoms with Crippen LogP contribution < -0.4 is 15.2 Å². The molecular weight excluding hydrogens is 258 g/mol. The first-order chi connectivity index (χ1) is 9.33. The minimum Gasteiger partial charge on any atom is -0.497 e. The highest BCUT2D eigenvalue weighted by Crippen LogP contribution is 2.22. The first-order valence-electron chi connectivity index (χ1n) is 5.85. The summed E-state index contributed by atoms with van der Waals surface area (Å²) in [6.07, 6.45) is 0. The van der Waals surface area contributed by atoms with Gasteiger partial charge in [-0.1, -0.05) is 17.9 Å². The molecule has 0 aliphatic carbocycles. The van der Waals surface area contributed by atoms with Crippen molar-refractivity contribution in [3.05, 3.63) is 46.2 Å². The third-order valence-corrected chi connectivity index (χ3v) is 3.38. The number of benzene rings is 1. The molecule has 2 aromatic rings. The molecule has 4 heteroatoms. The van der Waals surface area contributed by atoms with Gasteiger partial charge in [0.15, 0.2) is 0 Å². The molecule has 0 aliphatic rings. The van der Waals surface area contributed by atoms with Gasteiger partial charge in [-0.05, 0) is 23.6 Å². The predicted molar refractivity (Wildman–Crippen MR) is 77.6 cm³/mol. The zero-order chi connectivity index (χ0) is 13.5. The van der Waals surface area contributed by atoms with Crippen molar-refractivity contribution in [1.82, 2.24) is 0 Å². The molecule has 0 spiro atoms. The smallest absolute Gasteiger partial charge is 0.124 e. The lowest BCUT2D eigenvalue weighted by atomic mass is 10.2. The Balaban J connectivity index is 2.04. The van der Waals surface area contributed by atoms with Crippen LogP contribution in [0.15, 0.2) is 35.7 Å². The summed E-state index contributed by atoms with van der Waals surface area (Å²) in [4.78, 5) is 1.10. The molecule has 0 unspecified atom stereocenters. The summed E-state index contributed by atoms with van der Waals surface area (Å²) in [5.41, 5.74) is 6.36. The van der Waals surface area contributed by atoms with E-state index in [1.54, 1.807) is 18.4 Å². The Morgan fingerprint density at radius 1 is 1.26 bits per heavy atom. The van der Waals surface area contributed by atoms with Gasteiger partial charge in [0, 0.05) is 11.6 Å². The lowest BCUT2D eigenvalue weighted by molar-refractivity contribution is 0.307. The highest BCUT2D eigenvalue weighted by molar-refractivity contribution is 7.10. The number of thiophene rings is 1. The van der Waals surface area contributed by atoms with Crippen molar-refractivity contribution in [2.24, 2.45) is 5.73 Å². The largest absolute Gasteiger partial charge is 0.497 e. The van der Waals surface area contributed by atoms with Crippen molar-refractivity contribution in [2.75, 3.05) is 13.7 Å². The van der Waals surface area contributed by atoms with Crippen LogP contribution in [-0.4, -0.2) is 13.7 Å². The average Bonchev–Trinajstić information content (AvgIpc) is 2.90. The van der Waals surface area contributed by atoms with Crippen LogP contribution in [0.2, 0.25) is 0 Å². The van der Waals surface area contributed by atoms with E-state index in [4.69, 9.17) is 15.2 Å². The van der Waals surface area contributed by atoms with E-state index in [1.807, 2.05) is 35.7 Å². The molecule has 3 nitrogen and oxygen atoms in total. The molecule has 0 aliphatic heterocycles. The molecule has 0 saturated carbocycles. The summed E-state index contributed by atoms with van der Waals surface area (Å²) in [5, 5.41) is 2.00. The summed E-state index contributed by atoms with van der Waals surface area (Å²) in [7, 11) is 1.64. The summed E-state index contributed by atoms with van der Waals surface area (Å²) < 4.78 is 10.9. The van der Waals surface area contributed by atoms with Crippen LogP contribution in [-0.2, 0) is 6.61 Å². The fourth-order valence-corrected chi connectivity index (χ4v) is 2.29. The fourth-order valence-electron chi connectivity index (χ4n) is 1.55. The average molecular weight is 273 g/mol. The lowest BCUT2D eigenvalue weighted by Gasteiger charge is -2.06. The van der Waals surface area contributed by atoms with Crippen LogP contribution in [0.3, 0.4) is 0 Å². The molecule has 1 heterocycles. The van der Waals surface area contributed by atoms with Gasteiger partial charge in [0.2, 0.25) is 0 Å². The first kappa shape index (κ1) is 13.5. The number of methoxy groups -OCH3 is 1. The second-order valence-electron chi connectivity index (χ2n) is 3.73. The van der Waals surface area contributed by atoms with Crippen LogP contribution in [0.4, 0.5) is 0 Å². The Morgan fingerprint density at radius 3 is 2.89 bits per heavy atom. The normalized spacial score (nSPS) is 9.58. The van der Waals surface area contributed by atoms with Gasteiger partial charge in [0.25, 0.3) is 0 Å². The van der Waals surface area contributed by atoms with Crippen LogP contribution in [0.5, 0.6) is 11.5 Å². The van der Waals surface area contributed by atoms with Crippen molar-refractivity contribution >= 4 is 11.3 Å². The second kappa shape index (κ2) is 6.83. The zero-order valence-electron chi connectivity index (χ0n) is 10.7. The predicted octanol–water partition coefficient (Wildman–Crippen LogP) is 2.65. The maximum atomic E-state index is 5.74. The van der Waals surface area contributed by atoms with Gasteiger partial charge in [-0.15, -0.1) is 11.3 Å². The number of nitrogens with two attached hydrogens (primary N) is 1. The third kappa shape index (κ3) is 3.75. The Bertz CT molecular complexity index is 595. The summed E-state index contributed by atoms with van der Waals surface area (Å²) in [6.45, 7) is 0.867. The van der Waals surface area contributed by atoms with Gasteiger partial charge in [0.05, 0.1) is 18.5 Å². The van der Waals surface area contributed by atoms with Crippen molar-refractivity contribution in [1.29, 1.82) is 0 Å². The van der Waals surface area contributed by atoms with Crippen LogP contribution in [0, 0.1) is 11.8 Å². The van der Waals surface area contributed by atoms with E-state index < -0.39 is 0 Å². The quantitative estimate of drug-likeness (QED) is 0.871. The Labute approximate surface area is 117 Å². The van der Waals surface area contributed by atoms with Gasteiger partial charge < -0.3 is 15.2 Å². The Morgan fingerprint density at radius 2 is 2.11 bits per heavy atom. The standard InChI is InChI=1S/C15H15NO2S/c1-17-13-5-2-6-14(10-13)18-11-15-12(4-3-8-16)7-9-19-15/h2,5-7,9-10H,8,11,16H2,1H3. The van der Waals surface area contributed by atoms with E-state index in [-0.39, 0.29) is 0 Å². The fraction of sp³-hybridized carbons (Fsp3) is 0.200. The zero-order valence-corrected chi connectivity index (χ0v) is 11.5. The molecule has 2 rings (SSSR count). The van der Waals surface area contributed by atoms with Gasteiger partial charge in [-0.25, -0.2) is 0 Å². The van der Waals surface area contributed by atoms with Crippen LogP contribution >= 0.6 is 11.3 Å². The SMILES string of the molecule is COc1cccc(OCc2sccc2C#CCN)c1. The van der Waals surface area contributed by atoms with E-state index >= 15 is 0 Å². The molecule has 0 atom stereocenters. The molecule has 1 aromatic heterocycles. The van der Waals surface area contributed by atoms with Crippen LogP contribution in [0.1, 0.15) is 10.4 Å². The molecule has 0 fully saturated rings. The van der Waals surface area contributed by atoms with E-state index in [0.29, 0.717) is 13.2 Å². The lowest BCUT2D eigenvalue weighted by Crippen LogP contribution is -1.96. The molecule has 0 saturated heterocycles. The monoisotopic (exact) mass is 273 g/mol. The van der Waals surface area contributed by atoms with Crippen molar-refractivity contribution < 1.29 is 9.47 Å². The topological polar surface area (TPSA) is 44.5 Å². The molecule has 0 bridgehead atoms. The highest BCUT2D eigenvalue weighted by Gasteiger charge is 2.03. The molecule has 19 heavy (non-hydrogen) atoms. The molecule has 1 aromatic carbocycles. The van der Waals surface area contributed by atoms with Crippen LogP contribution in [0.25, 0.3) is 0 Å². The molecule has 98 valence electrons. The number of hydrogen-bond acceptors (Lipinski definition) is 4. The van der Waals surface area contributed by atoms with E-state index in [0.717, 1.165) is 21.9 Å². The second-order valence-corrected chi connectivity index (χ2v) is 4.73. The van der Waals surface area contributed by atoms with Gasteiger partial charge in [-0.2, -0.15) is 0 Å². The Hall–Kier alpha value is -1.96. The summed E-state index contributed by atoms with van der Waals surface area (Å²) >= 11 is 1.63. The molecular formula is C15H15NO2S. The summed E-state index contributed by atoms with van der Waals surface area (Å²) in [6, 6.07) is 9.53. The van der Waals surface area contributed by atoms with Gasteiger partial charge in [0.1, 0.15) is 18.1 Å². The Kier molecular flexibility index (Phi) is 4.85. The molecule has 0 amide bonds.